The van der Waals surface area contributed by atoms with Crippen molar-refractivity contribution in [2.75, 3.05) is 14.2 Å². The fourth-order valence-corrected chi connectivity index (χ4v) is 4.59. The van der Waals surface area contributed by atoms with E-state index in [1.54, 1.807) is 14.2 Å². The van der Waals surface area contributed by atoms with Crippen molar-refractivity contribution in [3.8, 4) is 11.5 Å². The molecule has 2 nitrogen and oxygen atoms in total. The van der Waals surface area contributed by atoms with Gasteiger partial charge in [0.25, 0.3) is 0 Å². The van der Waals surface area contributed by atoms with Gasteiger partial charge >= 0.3 is 0 Å². The zero-order chi connectivity index (χ0) is 17.1. The van der Waals surface area contributed by atoms with E-state index >= 15 is 0 Å². The smallest absolute Gasteiger partial charge is 0.118 e. The number of hydrogen-bond donors (Lipinski definition) is 0. The van der Waals surface area contributed by atoms with Crippen LogP contribution in [0.4, 0.5) is 0 Å². The van der Waals surface area contributed by atoms with E-state index in [1.807, 2.05) is 0 Å². The topological polar surface area (TPSA) is 18.5 Å². The minimum atomic E-state index is 0.597. The lowest BCUT2D eigenvalue weighted by atomic mass is 9.51. The first-order valence-corrected chi connectivity index (χ1v) is 9.01. The van der Waals surface area contributed by atoms with Crippen LogP contribution in [0, 0.1) is 11.8 Å². The summed E-state index contributed by atoms with van der Waals surface area (Å²) in [6.07, 6.45) is 2.48. The number of benzene rings is 2. The van der Waals surface area contributed by atoms with Gasteiger partial charge in [-0.3, -0.25) is 0 Å². The highest BCUT2D eigenvalue weighted by atomic mass is 16.5. The zero-order valence-electron chi connectivity index (χ0n) is 15.2. The molecular weight excluding hydrogens is 296 g/mol. The van der Waals surface area contributed by atoms with Gasteiger partial charge in [-0.1, -0.05) is 51.0 Å². The van der Waals surface area contributed by atoms with Gasteiger partial charge in [0.2, 0.25) is 0 Å². The molecule has 1 fully saturated rings. The number of methoxy groups -OCH3 is 2. The molecule has 2 aromatic rings. The first-order chi connectivity index (χ1) is 11.7. The van der Waals surface area contributed by atoms with Crippen molar-refractivity contribution in [3.05, 3.63) is 59.7 Å². The molecule has 128 valence electrons. The Bertz CT molecular complexity index is 585. The molecule has 2 heteroatoms. The highest BCUT2D eigenvalue weighted by Gasteiger charge is 2.49. The summed E-state index contributed by atoms with van der Waals surface area (Å²) >= 11 is 0. The van der Waals surface area contributed by atoms with Crippen molar-refractivity contribution in [1.82, 2.24) is 0 Å². The molecule has 2 aromatic carbocycles. The lowest BCUT2D eigenvalue weighted by Crippen LogP contribution is -2.42. The molecule has 3 rings (SSSR count). The Labute approximate surface area is 145 Å². The molecule has 4 unspecified atom stereocenters. The van der Waals surface area contributed by atoms with Crippen LogP contribution < -0.4 is 9.47 Å². The molecule has 0 saturated heterocycles. The third-order valence-electron chi connectivity index (χ3n) is 5.80. The summed E-state index contributed by atoms with van der Waals surface area (Å²) in [6, 6.07) is 17.3. The lowest BCUT2D eigenvalue weighted by molar-refractivity contribution is 0.0810. The van der Waals surface area contributed by atoms with E-state index in [-0.39, 0.29) is 0 Å². The normalized spacial score (nSPS) is 25.8. The maximum absolute atomic E-state index is 5.32. The van der Waals surface area contributed by atoms with E-state index in [9.17, 15) is 0 Å². The molecule has 0 bridgehead atoms. The van der Waals surface area contributed by atoms with Crippen molar-refractivity contribution in [3.63, 3.8) is 0 Å². The molecule has 0 amide bonds. The van der Waals surface area contributed by atoms with Crippen LogP contribution in [0.15, 0.2) is 48.5 Å². The third kappa shape index (κ3) is 2.90. The number of hydrogen-bond acceptors (Lipinski definition) is 2. The maximum Gasteiger partial charge on any atom is 0.118 e. The highest BCUT2D eigenvalue weighted by molar-refractivity contribution is 5.39. The van der Waals surface area contributed by atoms with Crippen molar-refractivity contribution >= 4 is 0 Å². The van der Waals surface area contributed by atoms with E-state index < -0.39 is 0 Å². The second-order valence-electron chi connectivity index (χ2n) is 6.74. The summed E-state index contributed by atoms with van der Waals surface area (Å²) in [6.45, 7) is 4.65. The standard InChI is InChI=1S/C22H28O2/c1-5-19-20(6-2)22(16-9-13-18(24-4)14-10-16)21(19)15-7-11-17(23-3)12-8-15/h7-14,19-22H,5-6H2,1-4H3. The number of rotatable bonds is 6. The highest BCUT2D eigenvalue weighted by Crippen LogP contribution is 2.60. The van der Waals surface area contributed by atoms with Crippen molar-refractivity contribution in [1.29, 1.82) is 0 Å². The molecule has 0 aromatic heterocycles. The van der Waals surface area contributed by atoms with Crippen LogP contribution in [0.3, 0.4) is 0 Å². The largest absolute Gasteiger partial charge is 0.497 e. The van der Waals surface area contributed by atoms with E-state index in [0.29, 0.717) is 11.8 Å². The van der Waals surface area contributed by atoms with Gasteiger partial charge in [0.1, 0.15) is 11.5 Å². The molecular formula is C22H28O2. The predicted octanol–water partition coefficient (Wildman–Crippen LogP) is 5.64. The molecule has 0 N–H and O–H groups in total. The Balaban J connectivity index is 1.93. The SMILES string of the molecule is CCC1C(CC)C(c2ccc(OC)cc2)C1c1ccc(OC)cc1. The van der Waals surface area contributed by atoms with Gasteiger partial charge in [0.15, 0.2) is 0 Å². The minimum Gasteiger partial charge on any atom is -0.497 e. The molecule has 1 aliphatic rings. The molecule has 0 heterocycles. The van der Waals surface area contributed by atoms with Gasteiger partial charge in [-0.05, 0) is 59.1 Å². The van der Waals surface area contributed by atoms with Crippen LogP contribution in [0.25, 0.3) is 0 Å². The van der Waals surface area contributed by atoms with Crippen LogP contribution in [-0.4, -0.2) is 14.2 Å². The summed E-state index contributed by atoms with van der Waals surface area (Å²) in [7, 11) is 3.45. The molecule has 24 heavy (non-hydrogen) atoms. The summed E-state index contributed by atoms with van der Waals surface area (Å²) < 4.78 is 10.6. The average Bonchev–Trinajstić information content (AvgIpc) is 2.63. The molecule has 1 aliphatic carbocycles. The van der Waals surface area contributed by atoms with E-state index in [1.165, 1.54) is 24.0 Å². The monoisotopic (exact) mass is 324 g/mol. The Morgan fingerprint density at radius 1 is 0.625 bits per heavy atom. The molecule has 0 aliphatic heterocycles. The van der Waals surface area contributed by atoms with E-state index in [0.717, 1.165) is 23.3 Å². The molecule has 4 atom stereocenters. The van der Waals surface area contributed by atoms with Gasteiger partial charge in [-0.2, -0.15) is 0 Å². The summed E-state index contributed by atoms with van der Waals surface area (Å²) in [4.78, 5) is 0. The average molecular weight is 324 g/mol. The molecule has 1 saturated carbocycles. The summed E-state index contributed by atoms with van der Waals surface area (Å²) in [5.74, 6) is 4.57. The lowest BCUT2D eigenvalue weighted by Gasteiger charge is -2.53. The van der Waals surface area contributed by atoms with Crippen LogP contribution in [0.5, 0.6) is 11.5 Å². The van der Waals surface area contributed by atoms with Crippen molar-refractivity contribution in [2.24, 2.45) is 11.8 Å². The Morgan fingerprint density at radius 2 is 0.958 bits per heavy atom. The van der Waals surface area contributed by atoms with Crippen molar-refractivity contribution < 1.29 is 9.47 Å². The Morgan fingerprint density at radius 3 is 1.21 bits per heavy atom. The first kappa shape index (κ1) is 16.9. The zero-order valence-corrected chi connectivity index (χ0v) is 15.2. The summed E-state index contributed by atoms with van der Waals surface area (Å²) in [5.41, 5.74) is 2.88. The third-order valence-corrected chi connectivity index (χ3v) is 5.80. The fourth-order valence-electron chi connectivity index (χ4n) is 4.59. The first-order valence-electron chi connectivity index (χ1n) is 9.01. The maximum atomic E-state index is 5.32. The molecule has 0 radical (unpaired) electrons. The van der Waals surface area contributed by atoms with Crippen molar-refractivity contribution in [2.45, 2.75) is 38.5 Å². The predicted molar refractivity (Wildman–Crippen MR) is 99.0 cm³/mol. The van der Waals surface area contributed by atoms with Gasteiger partial charge in [0, 0.05) is 0 Å². The Hall–Kier alpha value is -1.96. The minimum absolute atomic E-state index is 0.597. The van der Waals surface area contributed by atoms with Crippen LogP contribution >= 0.6 is 0 Å². The van der Waals surface area contributed by atoms with Crippen LogP contribution in [0.2, 0.25) is 0 Å². The van der Waals surface area contributed by atoms with Gasteiger partial charge in [0.05, 0.1) is 14.2 Å². The van der Waals surface area contributed by atoms with Crippen LogP contribution in [-0.2, 0) is 0 Å². The van der Waals surface area contributed by atoms with Crippen LogP contribution in [0.1, 0.15) is 49.7 Å². The van der Waals surface area contributed by atoms with Gasteiger partial charge in [-0.25, -0.2) is 0 Å². The Kier molecular flexibility index (Phi) is 5.13. The summed E-state index contributed by atoms with van der Waals surface area (Å²) in [5, 5.41) is 0. The molecule has 0 spiro atoms. The van der Waals surface area contributed by atoms with Gasteiger partial charge in [-0.15, -0.1) is 0 Å². The fraction of sp³-hybridized carbons (Fsp3) is 0.455. The second kappa shape index (κ2) is 7.29. The van der Waals surface area contributed by atoms with Gasteiger partial charge < -0.3 is 9.47 Å². The second-order valence-corrected chi connectivity index (χ2v) is 6.74. The number of ether oxygens (including phenoxy) is 2. The van der Waals surface area contributed by atoms with E-state index in [4.69, 9.17) is 9.47 Å². The van der Waals surface area contributed by atoms with E-state index in [2.05, 4.69) is 62.4 Å². The quantitative estimate of drug-likeness (QED) is 0.685.